The largest absolute Gasteiger partial charge is 0.298 e. The molecule has 0 unspecified atom stereocenters. The minimum absolute atomic E-state index is 0.300. The zero-order valence-electron chi connectivity index (χ0n) is 11.5. The van der Waals surface area contributed by atoms with Crippen molar-refractivity contribution in [3.05, 3.63) is 83.4 Å². The number of hydrogen-bond donors (Lipinski definition) is 0. The summed E-state index contributed by atoms with van der Waals surface area (Å²) in [6.45, 7) is 0. The lowest BCUT2D eigenvalue weighted by molar-refractivity contribution is 0.112. The first kappa shape index (κ1) is 13.8. The highest BCUT2D eigenvalue weighted by molar-refractivity contribution is 5.77. The van der Waals surface area contributed by atoms with Gasteiger partial charge in [-0.05, 0) is 48.5 Å². The maximum Gasteiger partial charge on any atom is 0.150 e. The standard InChI is InChI=1S/C18H11FN2O/c19-17-7-3-14(4-8-17)2-6-16-12-15(13-22)5-9-18(16)21-11-1-10-20-21/h1,3-5,7-13H. The molecule has 0 aliphatic rings. The van der Waals surface area contributed by atoms with E-state index in [1.54, 1.807) is 47.4 Å². The molecule has 0 bridgehead atoms. The van der Waals surface area contributed by atoms with Gasteiger partial charge in [-0.2, -0.15) is 5.10 Å². The molecule has 0 atom stereocenters. The van der Waals surface area contributed by atoms with Crippen LogP contribution in [0.25, 0.3) is 5.69 Å². The lowest BCUT2D eigenvalue weighted by Gasteiger charge is -2.05. The Kier molecular flexibility index (Phi) is 3.80. The normalized spacial score (nSPS) is 9.86. The van der Waals surface area contributed by atoms with E-state index in [0.717, 1.165) is 12.0 Å². The molecule has 0 N–H and O–H groups in total. The van der Waals surface area contributed by atoms with Crippen molar-refractivity contribution in [1.82, 2.24) is 9.78 Å². The van der Waals surface area contributed by atoms with E-state index in [-0.39, 0.29) is 5.82 Å². The lowest BCUT2D eigenvalue weighted by atomic mass is 10.1. The molecule has 0 aliphatic heterocycles. The first-order valence-electron chi connectivity index (χ1n) is 6.63. The third-order valence-electron chi connectivity index (χ3n) is 3.09. The highest BCUT2D eigenvalue weighted by Gasteiger charge is 2.04. The van der Waals surface area contributed by atoms with E-state index in [4.69, 9.17) is 0 Å². The molecular formula is C18H11FN2O. The average Bonchev–Trinajstić information content (AvgIpc) is 3.08. The topological polar surface area (TPSA) is 34.9 Å². The Morgan fingerprint density at radius 1 is 1.09 bits per heavy atom. The Hall–Kier alpha value is -3.19. The smallest absolute Gasteiger partial charge is 0.150 e. The summed E-state index contributed by atoms with van der Waals surface area (Å²) in [5.74, 6) is 5.69. The van der Waals surface area contributed by atoms with Gasteiger partial charge in [0.05, 0.1) is 11.3 Å². The van der Waals surface area contributed by atoms with Crippen LogP contribution in [0.3, 0.4) is 0 Å². The number of benzene rings is 2. The van der Waals surface area contributed by atoms with Gasteiger partial charge < -0.3 is 0 Å². The Morgan fingerprint density at radius 3 is 2.59 bits per heavy atom. The molecule has 0 amide bonds. The molecule has 0 aliphatic carbocycles. The van der Waals surface area contributed by atoms with Crippen LogP contribution < -0.4 is 0 Å². The van der Waals surface area contributed by atoms with Gasteiger partial charge in [-0.15, -0.1) is 0 Å². The number of aromatic nitrogens is 2. The molecule has 0 spiro atoms. The molecule has 0 saturated carbocycles. The third kappa shape index (κ3) is 2.94. The van der Waals surface area contributed by atoms with Crippen molar-refractivity contribution >= 4 is 6.29 Å². The number of carbonyl (C=O) groups excluding carboxylic acids is 1. The van der Waals surface area contributed by atoms with E-state index >= 15 is 0 Å². The Morgan fingerprint density at radius 2 is 1.91 bits per heavy atom. The molecular weight excluding hydrogens is 279 g/mol. The van der Waals surface area contributed by atoms with Crippen molar-refractivity contribution in [3.8, 4) is 17.5 Å². The molecule has 0 saturated heterocycles. The van der Waals surface area contributed by atoms with Crippen molar-refractivity contribution in [2.24, 2.45) is 0 Å². The van der Waals surface area contributed by atoms with E-state index in [1.165, 1.54) is 12.1 Å². The molecule has 4 heteroatoms. The monoisotopic (exact) mass is 290 g/mol. The molecule has 3 rings (SSSR count). The molecule has 3 nitrogen and oxygen atoms in total. The number of carbonyl (C=O) groups is 1. The summed E-state index contributed by atoms with van der Waals surface area (Å²) >= 11 is 0. The number of nitrogens with zero attached hydrogens (tertiary/aromatic N) is 2. The molecule has 0 radical (unpaired) electrons. The molecule has 22 heavy (non-hydrogen) atoms. The van der Waals surface area contributed by atoms with Crippen LogP contribution in [0.5, 0.6) is 0 Å². The number of halogens is 1. The van der Waals surface area contributed by atoms with Crippen LogP contribution in [0.15, 0.2) is 60.9 Å². The van der Waals surface area contributed by atoms with Crippen molar-refractivity contribution in [2.75, 3.05) is 0 Å². The Bertz CT molecular complexity index is 856. The van der Waals surface area contributed by atoms with Gasteiger partial charge in [0.2, 0.25) is 0 Å². The van der Waals surface area contributed by atoms with E-state index in [0.29, 0.717) is 16.7 Å². The van der Waals surface area contributed by atoms with Crippen molar-refractivity contribution < 1.29 is 9.18 Å². The summed E-state index contributed by atoms with van der Waals surface area (Å²) < 4.78 is 14.6. The quantitative estimate of drug-likeness (QED) is 0.536. The average molecular weight is 290 g/mol. The van der Waals surface area contributed by atoms with Crippen LogP contribution in [0, 0.1) is 17.7 Å². The van der Waals surface area contributed by atoms with Gasteiger partial charge >= 0.3 is 0 Å². The second-order valence-electron chi connectivity index (χ2n) is 4.60. The highest BCUT2D eigenvalue weighted by atomic mass is 19.1. The molecule has 1 heterocycles. The lowest BCUT2D eigenvalue weighted by Crippen LogP contribution is -1.99. The number of rotatable bonds is 2. The van der Waals surface area contributed by atoms with Gasteiger partial charge in [0.1, 0.15) is 12.1 Å². The second kappa shape index (κ2) is 6.06. The summed E-state index contributed by atoms with van der Waals surface area (Å²) in [4.78, 5) is 11.0. The molecule has 106 valence electrons. The summed E-state index contributed by atoms with van der Waals surface area (Å²) in [6, 6.07) is 13.0. The SMILES string of the molecule is O=Cc1ccc(-n2cccn2)c(C#Cc2ccc(F)cc2)c1. The van der Waals surface area contributed by atoms with Crippen LogP contribution in [0.2, 0.25) is 0 Å². The second-order valence-corrected chi connectivity index (χ2v) is 4.60. The molecule has 0 fully saturated rings. The van der Waals surface area contributed by atoms with Crippen molar-refractivity contribution in [2.45, 2.75) is 0 Å². The van der Waals surface area contributed by atoms with Gasteiger partial charge in [0.25, 0.3) is 0 Å². The summed E-state index contributed by atoms with van der Waals surface area (Å²) in [5, 5.41) is 4.18. The van der Waals surface area contributed by atoms with Crippen LogP contribution in [0.1, 0.15) is 21.5 Å². The van der Waals surface area contributed by atoms with Crippen LogP contribution in [-0.2, 0) is 0 Å². The predicted octanol–water partition coefficient (Wildman–Crippen LogP) is 3.22. The predicted molar refractivity (Wildman–Crippen MR) is 81.3 cm³/mol. The van der Waals surface area contributed by atoms with E-state index in [9.17, 15) is 9.18 Å². The van der Waals surface area contributed by atoms with E-state index in [2.05, 4.69) is 16.9 Å². The summed E-state index contributed by atoms with van der Waals surface area (Å²) in [5.41, 5.74) is 2.70. The fourth-order valence-electron chi connectivity index (χ4n) is 2.01. The fourth-order valence-corrected chi connectivity index (χ4v) is 2.01. The van der Waals surface area contributed by atoms with Gasteiger partial charge in [-0.1, -0.05) is 11.8 Å². The summed E-state index contributed by atoms with van der Waals surface area (Å²) in [7, 11) is 0. The van der Waals surface area contributed by atoms with Crippen LogP contribution in [-0.4, -0.2) is 16.1 Å². The molecule has 1 aromatic heterocycles. The van der Waals surface area contributed by atoms with E-state index < -0.39 is 0 Å². The highest BCUT2D eigenvalue weighted by Crippen LogP contribution is 2.15. The van der Waals surface area contributed by atoms with Crippen LogP contribution in [0.4, 0.5) is 4.39 Å². The third-order valence-corrected chi connectivity index (χ3v) is 3.09. The van der Waals surface area contributed by atoms with Gasteiger partial charge in [0, 0.05) is 23.5 Å². The van der Waals surface area contributed by atoms with Gasteiger partial charge in [-0.25, -0.2) is 9.07 Å². The van der Waals surface area contributed by atoms with E-state index in [1.807, 2.05) is 6.07 Å². The Balaban J connectivity index is 2.05. The Labute approximate surface area is 127 Å². The van der Waals surface area contributed by atoms with Crippen molar-refractivity contribution in [1.29, 1.82) is 0 Å². The number of hydrogen-bond acceptors (Lipinski definition) is 2. The van der Waals surface area contributed by atoms with Crippen LogP contribution >= 0.6 is 0 Å². The minimum atomic E-state index is -0.300. The zero-order valence-corrected chi connectivity index (χ0v) is 11.5. The minimum Gasteiger partial charge on any atom is -0.298 e. The zero-order chi connectivity index (χ0) is 15.4. The summed E-state index contributed by atoms with van der Waals surface area (Å²) in [6.07, 6.45) is 4.25. The molecule has 3 aromatic rings. The maximum atomic E-state index is 12.9. The first-order valence-corrected chi connectivity index (χ1v) is 6.63. The van der Waals surface area contributed by atoms with Gasteiger partial charge in [0.15, 0.2) is 0 Å². The molecule has 2 aromatic carbocycles. The maximum absolute atomic E-state index is 12.9. The van der Waals surface area contributed by atoms with Crippen molar-refractivity contribution in [3.63, 3.8) is 0 Å². The first-order chi connectivity index (χ1) is 10.8. The fraction of sp³-hybridized carbons (Fsp3) is 0. The van der Waals surface area contributed by atoms with Gasteiger partial charge in [-0.3, -0.25) is 4.79 Å². The number of aldehydes is 1.